The molecule has 1 aromatic rings. The molecule has 0 aliphatic rings. The second-order valence-electron chi connectivity index (χ2n) is 4.36. The van der Waals surface area contributed by atoms with E-state index in [1.54, 1.807) is 12.1 Å². The van der Waals surface area contributed by atoms with Crippen LogP contribution >= 0.6 is 15.9 Å². The lowest BCUT2D eigenvalue weighted by Crippen LogP contribution is -2.41. The van der Waals surface area contributed by atoms with Gasteiger partial charge in [-0.15, -0.1) is 0 Å². The average molecular weight is 315 g/mol. The normalized spacial score (nSPS) is 12.2. The summed E-state index contributed by atoms with van der Waals surface area (Å²) in [7, 11) is 0. The van der Waals surface area contributed by atoms with Crippen LogP contribution in [-0.4, -0.2) is 28.0 Å². The van der Waals surface area contributed by atoms with Crippen molar-refractivity contribution < 1.29 is 14.7 Å². The highest BCUT2D eigenvalue weighted by Gasteiger charge is 2.21. The first-order chi connectivity index (χ1) is 8.40. The number of rotatable bonds is 5. The zero-order chi connectivity index (χ0) is 13.7. The largest absolute Gasteiger partial charge is 0.480 e. The molecule has 1 amide bonds. The van der Waals surface area contributed by atoms with Gasteiger partial charge in [0.15, 0.2) is 0 Å². The van der Waals surface area contributed by atoms with E-state index < -0.39 is 17.9 Å². The van der Waals surface area contributed by atoms with Gasteiger partial charge in [-0.1, -0.05) is 13.8 Å². The SMILES string of the molecule is CC(C)C[C@H](NC(=O)c1ccc(Br)nc1)C(=O)O. The van der Waals surface area contributed by atoms with Gasteiger partial charge in [0.1, 0.15) is 10.6 Å². The highest BCUT2D eigenvalue weighted by molar-refractivity contribution is 9.10. The second kappa shape index (κ2) is 6.49. The lowest BCUT2D eigenvalue weighted by molar-refractivity contribution is -0.139. The Labute approximate surface area is 114 Å². The summed E-state index contributed by atoms with van der Waals surface area (Å²) in [6.07, 6.45) is 1.79. The van der Waals surface area contributed by atoms with Crippen molar-refractivity contribution >= 4 is 27.8 Å². The Balaban J connectivity index is 2.72. The quantitative estimate of drug-likeness (QED) is 0.815. The molecule has 0 saturated heterocycles. The van der Waals surface area contributed by atoms with Crippen LogP contribution in [0.2, 0.25) is 0 Å². The molecule has 0 fully saturated rings. The van der Waals surface area contributed by atoms with Crippen LogP contribution in [0.1, 0.15) is 30.6 Å². The van der Waals surface area contributed by atoms with E-state index in [-0.39, 0.29) is 5.92 Å². The molecule has 0 radical (unpaired) electrons. The summed E-state index contributed by atoms with van der Waals surface area (Å²) in [5.41, 5.74) is 0.341. The van der Waals surface area contributed by atoms with Crippen LogP contribution in [-0.2, 0) is 4.79 Å². The number of carboxylic acids is 1. The van der Waals surface area contributed by atoms with Gasteiger partial charge in [0.2, 0.25) is 0 Å². The van der Waals surface area contributed by atoms with E-state index in [1.807, 2.05) is 13.8 Å². The van der Waals surface area contributed by atoms with Crippen LogP contribution in [0.5, 0.6) is 0 Å². The molecule has 0 bridgehead atoms. The Morgan fingerprint density at radius 3 is 2.56 bits per heavy atom. The van der Waals surface area contributed by atoms with Crippen molar-refractivity contribution in [3.63, 3.8) is 0 Å². The molecule has 1 heterocycles. The van der Waals surface area contributed by atoms with Crippen LogP contribution in [0.4, 0.5) is 0 Å². The van der Waals surface area contributed by atoms with E-state index in [2.05, 4.69) is 26.2 Å². The Hall–Kier alpha value is -1.43. The number of hydrogen-bond acceptors (Lipinski definition) is 3. The summed E-state index contributed by atoms with van der Waals surface area (Å²) in [5.74, 6) is -1.26. The zero-order valence-corrected chi connectivity index (χ0v) is 11.8. The van der Waals surface area contributed by atoms with Gasteiger partial charge < -0.3 is 10.4 Å². The van der Waals surface area contributed by atoms with E-state index in [0.717, 1.165) is 0 Å². The predicted octanol–water partition coefficient (Wildman–Crippen LogP) is 2.07. The Bertz CT molecular complexity index is 431. The number of hydrogen-bond donors (Lipinski definition) is 2. The summed E-state index contributed by atoms with van der Waals surface area (Å²) in [6.45, 7) is 3.81. The fraction of sp³-hybridized carbons (Fsp3) is 0.417. The predicted molar refractivity (Wildman–Crippen MR) is 70.3 cm³/mol. The molecular formula is C12H15BrN2O3. The van der Waals surface area contributed by atoms with Gasteiger partial charge in [-0.3, -0.25) is 4.79 Å². The standard InChI is InChI=1S/C12H15BrN2O3/c1-7(2)5-9(12(17)18)15-11(16)8-3-4-10(13)14-6-8/h3-4,6-7,9H,5H2,1-2H3,(H,15,16)(H,17,18)/t9-/m0/s1. The third-order valence-electron chi connectivity index (χ3n) is 2.30. The van der Waals surface area contributed by atoms with Gasteiger partial charge in [0.25, 0.3) is 5.91 Å². The monoisotopic (exact) mass is 314 g/mol. The molecule has 0 aliphatic carbocycles. The minimum Gasteiger partial charge on any atom is -0.480 e. The number of nitrogens with one attached hydrogen (secondary N) is 1. The number of pyridine rings is 1. The number of aliphatic carboxylic acids is 1. The molecule has 1 aromatic heterocycles. The fourth-order valence-corrected chi connectivity index (χ4v) is 1.68. The Morgan fingerprint density at radius 2 is 2.11 bits per heavy atom. The first-order valence-electron chi connectivity index (χ1n) is 5.55. The number of nitrogens with zero attached hydrogens (tertiary/aromatic N) is 1. The number of halogens is 1. The van der Waals surface area contributed by atoms with E-state index in [0.29, 0.717) is 16.6 Å². The lowest BCUT2D eigenvalue weighted by Gasteiger charge is -2.16. The van der Waals surface area contributed by atoms with Crippen molar-refractivity contribution in [1.29, 1.82) is 0 Å². The molecule has 6 heteroatoms. The van der Waals surface area contributed by atoms with Crippen molar-refractivity contribution in [2.24, 2.45) is 5.92 Å². The number of amides is 1. The number of carbonyl (C=O) groups excluding carboxylic acids is 1. The van der Waals surface area contributed by atoms with Crippen LogP contribution in [0.3, 0.4) is 0 Å². The molecule has 18 heavy (non-hydrogen) atoms. The summed E-state index contributed by atoms with van der Waals surface area (Å²) in [5, 5.41) is 11.5. The molecule has 98 valence electrons. The van der Waals surface area contributed by atoms with Gasteiger partial charge in [0.05, 0.1) is 5.56 Å². The lowest BCUT2D eigenvalue weighted by atomic mass is 10.0. The Kier molecular flexibility index (Phi) is 5.27. The molecule has 1 atom stereocenters. The fourth-order valence-electron chi connectivity index (χ4n) is 1.44. The molecule has 1 rings (SSSR count). The summed E-state index contributed by atoms with van der Waals surface area (Å²) in [6, 6.07) is 2.34. The third-order valence-corrected chi connectivity index (χ3v) is 2.77. The van der Waals surface area contributed by atoms with Gasteiger partial charge in [-0.25, -0.2) is 9.78 Å². The molecule has 0 aromatic carbocycles. The first kappa shape index (κ1) is 14.6. The molecular weight excluding hydrogens is 300 g/mol. The van der Waals surface area contributed by atoms with Gasteiger partial charge >= 0.3 is 5.97 Å². The minimum atomic E-state index is -1.03. The van der Waals surface area contributed by atoms with Crippen LogP contribution < -0.4 is 5.32 Å². The average Bonchev–Trinajstić information content (AvgIpc) is 2.28. The first-order valence-corrected chi connectivity index (χ1v) is 6.34. The highest BCUT2D eigenvalue weighted by atomic mass is 79.9. The van der Waals surface area contributed by atoms with Crippen LogP contribution in [0, 0.1) is 5.92 Å². The van der Waals surface area contributed by atoms with Gasteiger partial charge in [-0.05, 0) is 40.4 Å². The van der Waals surface area contributed by atoms with Crippen LogP contribution in [0.15, 0.2) is 22.9 Å². The van der Waals surface area contributed by atoms with Gasteiger partial charge in [-0.2, -0.15) is 0 Å². The number of carboxylic acid groups (broad SMARTS) is 1. The minimum absolute atomic E-state index is 0.189. The van der Waals surface area contributed by atoms with Crippen molar-refractivity contribution in [2.75, 3.05) is 0 Å². The van der Waals surface area contributed by atoms with Crippen LogP contribution in [0.25, 0.3) is 0 Å². The Morgan fingerprint density at radius 1 is 1.44 bits per heavy atom. The maximum Gasteiger partial charge on any atom is 0.326 e. The molecule has 0 aliphatic heterocycles. The molecule has 0 unspecified atom stereocenters. The van der Waals surface area contributed by atoms with Crippen molar-refractivity contribution in [1.82, 2.24) is 10.3 Å². The molecule has 5 nitrogen and oxygen atoms in total. The molecule has 0 saturated carbocycles. The maximum absolute atomic E-state index is 11.8. The van der Waals surface area contributed by atoms with E-state index in [9.17, 15) is 9.59 Å². The van der Waals surface area contributed by atoms with E-state index in [4.69, 9.17) is 5.11 Å². The number of aromatic nitrogens is 1. The molecule has 0 spiro atoms. The smallest absolute Gasteiger partial charge is 0.326 e. The summed E-state index contributed by atoms with van der Waals surface area (Å²) < 4.78 is 0.621. The van der Waals surface area contributed by atoms with E-state index in [1.165, 1.54) is 6.20 Å². The number of carbonyl (C=O) groups is 2. The van der Waals surface area contributed by atoms with Crippen molar-refractivity contribution in [3.05, 3.63) is 28.5 Å². The van der Waals surface area contributed by atoms with Gasteiger partial charge in [0, 0.05) is 6.20 Å². The summed E-state index contributed by atoms with van der Waals surface area (Å²) >= 11 is 3.16. The summed E-state index contributed by atoms with van der Waals surface area (Å²) in [4.78, 5) is 26.8. The third kappa shape index (κ3) is 4.44. The molecule has 2 N–H and O–H groups in total. The van der Waals surface area contributed by atoms with Crippen molar-refractivity contribution in [3.8, 4) is 0 Å². The highest BCUT2D eigenvalue weighted by Crippen LogP contribution is 2.09. The van der Waals surface area contributed by atoms with Crippen molar-refractivity contribution in [2.45, 2.75) is 26.3 Å². The maximum atomic E-state index is 11.8. The van der Waals surface area contributed by atoms with E-state index >= 15 is 0 Å². The zero-order valence-electron chi connectivity index (χ0n) is 10.2. The second-order valence-corrected chi connectivity index (χ2v) is 5.18. The topological polar surface area (TPSA) is 79.3 Å².